The molecule has 0 unspecified atom stereocenters. The summed E-state index contributed by atoms with van der Waals surface area (Å²) in [6, 6.07) is 76.1. The summed E-state index contributed by atoms with van der Waals surface area (Å²) >= 11 is 1.78. The minimum atomic E-state index is -0.391. The van der Waals surface area contributed by atoms with Gasteiger partial charge in [0.25, 0.3) is 0 Å². The summed E-state index contributed by atoms with van der Waals surface area (Å²) < 4.78 is 15.7. The highest BCUT2D eigenvalue weighted by molar-refractivity contribution is 7.25. The molecule has 0 N–H and O–H groups in total. The lowest BCUT2D eigenvalue weighted by Crippen LogP contribution is -2.25. The van der Waals surface area contributed by atoms with Gasteiger partial charge in [0.1, 0.15) is 22.3 Å². The van der Waals surface area contributed by atoms with Gasteiger partial charge in [-0.1, -0.05) is 164 Å². The number of para-hydroxylation sites is 2. The van der Waals surface area contributed by atoms with Crippen molar-refractivity contribution >= 4 is 75.4 Å². The van der Waals surface area contributed by atoms with Crippen LogP contribution in [0, 0.1) is 0 Å². The molecule has 0 aliphatic heterocycles. The Bertz CT molecular complexity index is 4530. The Morgan fingerprint density at radius 3 is 1.59 bits per heavy atom. The van der Waals surface area contributed by atoms with Crippen LogP contribution in [0.3, 0.4) is 0 Å². The lowest BCUT2D eigenvalue weighted by Gasteiger charge is -2.30. The second-order valence-corrected chi connectivity index (χ2v) is 19.6. The van der Waals surface area contributed by atoms with Gasteiger partial charge in [-0.2, -0.15) is 0 Å². The molecule has 70 heavy (non-hydrogen) atoms. The van der Waals surface area contributed by atoms with Crippen LogP contribution in [-0.2, 0) is 5.41 Å². The Kier molecular flexibility index (Phi) is 7.63. The number of hydrogen-bond acceptors (Lipinski definition) is 6. The van der Waals surface area contributed by atoms with Gasteiger partial charge in [0.2, 0.25) is 0 Å². The van der Waals surface area contributed by atoms with Crippen LogP contribution in [-0.4, -0.2) is 15.0 Å². The molecule has 14 aromatic rings. The summed E-state index contributed by atoms with van der Waals surface area (Å²) in [4.78, 5) is 16.1. The average Bonchev–Trinajstić information content (AvgIpc) is 4.23. The average molecular weight is 910 g/mol. The van der Waals surface area contributed by atoms with Crippen molar-refractivity contribution in [3.63, 3.8) is 0 Å². The van der Waals surface area contributed by atoms with E-state index in [1.807, 2.05) is 30.3 Å². The van der Waals surface area contributed by atoms with Crippen LogP contribution in [0.5, 0.6) is 0 Å². The maximum absolute atomic E-state index is 6.69. The van der Waals surface area contributed by atoms with Crippen LogP contribution in [0.1, 0.15) is 22.3 Å². The summed E-state index contributed by atoms with van der Waals surface area (Å²) in [6.45, 7) is 0. The van der Waals surface area contributed by atoms with Crippen molar-refractivity contribution < 1.29 is 8.83 Å². The largest absolute Gasteiger partial charge is 0.456 e. The highest BCUT2D eigenvalue weighted by Crippen LogP contribution is 2.63. The molecule has 4 aromatic heterocycles. The Balaban J connectivity index is 0.905. The third-order valence-electron chi connectivity index (χ3n) is 15.0. The number of rotatable bonds is 4. The lowest BCUT2D eigenvalue weighted by molar-refractivity contribution is 0.668. The van der Waals surface area contributed by atoms with E-state index in [9.17, 15) is 0 Å². The molecule has 5 nitrogen and oxygen atoms in total. The Hall–Kier alpha value is -8.97. The van der Waals surface area contributed by atoms with Crippen molar-refractivity contribution in [1.29, 1.82) is 0 Å². The zero-order chi connectivity index (χ0) is 45.7. The van der Waals surface area contributed by atoms with Crippen LogP contribution in [0.25, 0.3) is 132 Å². The van der Waals surface area contributed by atoms with Gasteiger partial charge in [-0.15, -0.1) is 11.3 Å². The second kappa shape index (κ2) is 14.0. The van der Waals surface area contributed by atoms with Gasteiger partial charge in [-0.25, -0.2) is 15.0 Å². The number of thiophene rings is 1. The topological polar surface area (TPSA) is 65.0 Å². The van der Waals surface area contributed by atoms with Crippen LogP contribution in [0.4, 0.5) is 0 Å². The number of nitrogens with zero attached hydrogens (tertiary/aromatic N) is 3. The van der Waals surface area contributed by atoms with Crippen molar-refractivity contribution in [3.05, 3.63) is 235 Å². The van der Waals surface area contributed by atoms with Gasteiger partial charge < -0.3 is 8.83 Å². The number of furan rings is 2. The van der Waals surface area contributed by atoms with E-state index in [-0.39, 0.29) is 0 Å². The zero-order valence-electron chi connectivity index (χ0n) is 37.3. The van der Waals surface area contributed by atoms with Crippen LogP contribution in [0.15, 0.2) is 221 Å². The first-order valence-electron chi connectivity index (χ1n) is 23.7. The van der Waals surface area contributed by atoms with Crippen LogP contribution >= 0.6 is 11.3 Å². The molecule has 2 aliphatic carbocycles. The zero-order valence-corrected chi connectivity index (χ0v) is 38.1. The molecule has 0 saturated heterocycles. The molecule has 0 atom stereocenters. The molecule has 0 radical (unpaired) electrons. The van der Waals surface area contributed by atoms with E-state index in [2.05, 4.69) is 182 Å². The first-order valence-corrected chi connectivity index (χ1v) is 24.5. The van der Waals surface area contributed by atoms with Gasteiger partial charge in [-0.05, 0) is 104 Å². The SMILES string of the molecule is c1ccc2c(c1)-c1ccccc1C21c2ccccc2-c2cc(-c3ccc4oc5cccc(-c6nc(-c7cccc8c7oc7ccccc78)nc(-c7cccc8sc9ccccc9c78)n6)c5c4c3)ccc21. The van der Waals surface area contributed by atoms with Crippen LogP contribution in [0.2, 0.25) is 0 Å². The van der Waals surface area contributed by atoms with Crippen molar-refractivity contribution in [2.45, 2.75) is 5.41 Å². The summed E-state index contributed by atoms with van der Waals surface area (Å²) in [5.41, 5.74) is 18.1. The second-order valence-electron chi connectivity index (χ2n) is 18.5. The van der Waals surface area contributed by atoms with Gasteiger partial charge in [0.15, 0.2) is 17.5 Å². The molecule has 324 valence electrons. The van der Waals surface area contributed by atoms with E-state index in [0.717, 1.165) is 77.1 Å². The number of fused-ring (bicyclic) bond motifs is 19. The van der Waals surface area contributed by atoms with Gasteiger partial charge in [0.05, 0.1) is 11.0 Å². The first kappa shape index (κ1) is 38.0. The third kappa shape index (κ3) is 5.07. The van der Waals surface area contributed by atoms with E-state index in [1.165, 1.54) is 59.3 Å². The minimum Gasteiger partial charge on any atom is -0.456 e. The minimum absolute atomic E-state index is 0.391. The molecule has 1 spiro atoms. The molecule has 4 heterocycles. The molecule has 16 rings (SSSR count). The Morgan fingerprint density at radius 1 is 0.314 bits per heavy atom. The van der Waals surface area contributed by atoms with Crippen molar-refractivity contribution in [2.75, 3.05) is 0 Å². The predicted octanol–water partition coefficient (Wildman–Crippen LogP) is 17.0. The molecule has 0 saturated carbocycles. The Labute approximate surface area is 404 Å². The smallest absolute Gasteiger partial charge is 0.167 e. The monoisotopic (exact) mass is 909 g/mol. The van der Waals surface area contributed by atoms with E-state index in [1.54, 1.807) is 11.3 Å². The Morgan fingerprint density at radius 2 is 0.814 bits per heavy atom. The highest BCUT2D eigenvalue weighted by atomic mass is 32.1. The quantitative estimate of drug-likeness (QED) is 0.176. The van der Waals surface area contributed by atoms with Crippen molar-refractivity contribution in [3.8, 4) is 67.5 Å². The molecular weight excluding hydrogens is 875 g/mol. The molecule has 0 fully saturated rings. The molecule has 0 bridgehead atoms. The summed E-state index contributed by atoms with van der Waals surface area (Å²) in [7, 11) is 0. The first-order chi connectivity index (χ1) is 34.7. The molecule has 10 aromatic carbocycles. The fraction of sp³-hybridized carbons (Fsp3) is 0.0156. The fourth-order valence-electron chi connectivity index (χ4n) is 12.1. The molecule has 6 heteroatoms. The van der Waals surface area contributed by atoms with Gasteiger partial charge in [0, 0.05) is 52.8 Å². The molecule has 2 aliphatic rings. The molecule has 0 amide bonds. The normalized spacial score (nSPS) is 13.3. The van der Waals surface area contributed by atoms with Crippen LogP contribution < -0.4 is 0 Å². The number of aromatic nitrogens is 3. The number of benzene rings is 10. The van der Waals surface area contributed by atoms with E-state index < -0.39 is 5.41 Å². The van der Waals surface area contributed by atoms with E-state index in [4.69, 9.17) is 23.8 Å². The summed E-state index contributed by atoms with van der Waals surface area (Å²) in [6.07, 6.45) is 0. The van der Waals surface area contributed by atoms with Gasteiger partial charge in [-0.3, -0.25) is 0 Å². The maximum Gasteiger partial charge on any atom is 0.167 e. The fourth-order valence-corrected chi connectivity index (χ4v) is 13.2. The van der Waals surface area contributed by atoms with E-state index >= 15 is 0 Å². The van der Waals surface area contributed by atoms with Gasteiger partial charge >= 0.3 is 0 Å². The standard InChI is InChI=1S/C64H35N3O2S/c1-6-23-49-38(14-1)39-15-2-7-24-50(39)64(49)51-25-8-3-16-40(51)47-34-36(30-32-52(47)64)37-31-33-54-48(35-37)58-44(20-12-27-55(58)68-54)61-65-62(45-21-13-29-57-59(45)43-18-5-10-28-56(43)70-57)67-63(66-61)46-22-11-19-42-41-17-4-9-26-53(41)69-60(42)46/h1-35H. The third-order valence-corrected chi connectivity index (χ3v) is 16.1. The summed E-state index contributed by atoms with van der Waals surface area (Å²) in [5.74, 6) is 1.69. The van der Waals surface area contributed by atoms with Crippen molar-refractivity contribution in [1.82, 2.24) is 15.0 Å². The maximum atomic E-state index is 6.69. The molecular formula is C64H35N3O2S. The summed E-state index contributed by atoms with van der Waals surface area (Å²) in [5, 5.41) is 6.32. The van der Waals surface area contributed by atoms with Crippen molar-refractivity contribution in [2.24, 2.45) is 0 Å². The lowest BCUT2D eigenvalue weighted by atomic mass is 9.70. The highest BCUT2D eigenvalue weighted by Gasteiger charge is 2.51. The van der Waals surface area contributed by atoms with E-state index in [0.29, 0.717) is 17.5 Å². The predicted molar refractivity (Wildman–Crippen MR) is 285 cm³/mol. The number of hydrogen-bond donors (Lipinski definition) is 0.